The maximum atomic E-state index is 6.24. The zero-order chi connectivity index (χ0) is 12.0. The molecular formula is C11H12BrN3OS. The summed E-state index contributed by atoms with van der Waals surface area (Å²) in [5.74, 6) is 1.64. The van der Waals surface area contributed by atoms with Crippen LogP contribution in [0.25, 0.3) is 10.7 Å². The molecule has 2 aromatic rings. The van der Waals surface area contributed by atoms with Gasteiger partial charge in [0.15, 0.2) is 0 Å². The molecule has 0 aliphatic heterocycles. The molecule has 3 rings (SSSR count). The SMILES string of the molecule is CC(N)(c1nc(-c2ccc(Br)s2)no1)C1CC1. The Morgan fingerprint density at radius 2 is 2.29 bits per heavy atom. The molecule has 0 saturated heterocycles. The van der Waals surface area contributed by atoms with Gasteiger partial charge in [0.2, 0.25) is 11.7 Å². The largest absolute Gasteiger partial charge is 0.337 e. The third-order valence-corrected chi connectivity index (χ3v) is 4.73. The van der Waals surface area contributed by atoms with Gasteiger partial charge in [-0.25, -0.2) is 0 Å². The number of halogens is 1. The summed E-state index contributed by atoms with van der Waals surface area (Å²) in [6.45, 7) is 1.96. The first kappa shape index (κ1) is 11.4. The Morgan fingerprint density at radius 1 is 1.53 bits per heavy atom. The number of hydrogen-bond acceptors (Lipinski definition) is 5. The molecule has 0 radical (unpaired) electrons. The van der Waals surface area contributed by atoms with Crippen molar-refractivity contribution in [2.45, 2.75) is 25.3 Å². The molecule has 6 heteroatoms. The van der Waals surface area contributed by atoms with Gasteiger partial charge >= 0.3 is 0 Å². The monoisotopic (exact) mass is 313 g/mol. The summed E-state index contributed by atoms with van der Waals surface area (Å²) in [4.78, 5) is 5.40. The lowest BCUT2D eigenvalue weighted by Gasteiger charge is -2.18. The molecule has 4 nitrogen and oxygen atoms in total. The second-order valence-corrected chi connectivity index (χ2v) is 7.05. The van der Waals surface area contributed by atoms with Crippen LogP contribution in [-0.4, -0.2) is 10.1 Å². The smallest absolute Gasteiger partial charge is 0.247 e. The normalized spacial score (nSPS) is 19.2. The highest BCUT2D eigenvalue weighted by Gasteiger charge is 2.43. The highest BCUT2D eigenvalue weighted by atomic mass is 79.9. The summed E-state index contributed by atoms with van der Waals surface area (Å²) < 4.78 is 6.35. The summed E-state index contributed by atoms with van der Waals surface area (Å²) in [6, 6.07) is 3.94. The minimum absolute atomic E-state index is 0.478. The van der Waals surface area contributed by atoms with E-state index in [-0.39, 0.29) is 0 Å². The quantitative estimate of drug-likeness (QED) is 0.945. The fourth-order valence-electron chi connectivity index (χ4n) is 1.83. The molecule has 1 aliphatic carbocycles. The lowest BCUT2D eigenvalue weighted by atomic mass is 9.97. The Kier molecular flexibility index (Phi) is 2.61. The van der Waals surface area contributed by atoms with Crippen molar-refractivity contribution in [3.05, 3.63) is 21.8 Å². The molecule has 2 N–H and O–H groups in total. The Bertz CT molecular complexity index is 544. The number of nitrogens with two attached hydrogens (primary N) is 1. The molecule has 2 heterocycles. The van der Waals surface area contributed by atoms with Gasteiger partial charge in [-0.3, -0.25) is 0 Å². The predicted molar refractivity (Wildman–Crippen MR) is 69.6 cm³/mol. The predicted octanol–water partition coefficient (Wildman–Crippen LogP) is 3.14. The minimum atomic E-state index is -0.486. The van der Waals surface area contributed by atoms with Crippen LogP contribution >= 0.6 is 27.3 Å². The molecule has 1 unspecified atom stereocenters. The van der Waals surface area contributed by atoms with Gasteiger partial charge in [0, 0.05) is 0 Å². The number of nitrogens with zero attached hydrogens (tertiary/aromatic N) is 2. The van der Waals surface area contributed by atoms with Crippen LogP contribution in [-0.2, 0) is 5.54 Å². The van der Waals surface area contributed by atoms with Crippen LogP contribution in [0.1, 0.15) is 25.7 Å². The molecule has 0 amide bonds. The standard InChI is InChI=1S/C11H12BrN3OS/c1-11(13,6-2-3-6)10-14-9(15-16-10)7-4-5-8(12)17-7/h4-6H,2-3,13H2,1H3. The van der Waals surface area contributed by atoms with E-state index in [2.05, 4.69) is 26.1 Å². The molecule has 2 aromatic heterocycles. The van der Waals surface area contributed by atoms with Crippen LogP contribution in [0.15, 0.2) is 20.4 Å². The Hall–Kier alpha value is -0.720. The maximum absolute atomic E-state index is 6.24. The van der Waals surface area contributed by atoms with Crippen molar-refractivity contribution in [3.63, 3.8) is 0 Å². The van der Waals surface area contributed by atoms with Crippen molar-refractivity contribution >= 4 is 27.3 Å². The summed E-state index contributed by atoms with van der Waals surface area (Å²) >= 11 is 5.00. The number of rotatable bonds is 3. The highest BCUT2D eigenvalue weighted by Crippen LogP contribution is 2.43. The van der Waals surface area contributed by atoms with E-state index in [0.29, 0.717) is 17.6 Å². The van der Waals surface area contributed by atoms with E-state index >= 15 is 0 Å². The Balaban J connectivity index is 1.92. The number of aromatic nitrogens is 2. The number of hydrogen-bond donors (Lipinski definition) is 1. The van der Waals surface area contributed by atoms with E-state index in [1.165, 1.54) is 0 Å². The van der Waals surface area contributed by atoms with Crippen LogP contribution in [0.5, 0.6) is 0 Å². The summed E-state index contributed by atoms with van der Waals surface area (Å²) in [6.07, 6.45) is 2.30. The second-order valence-electron chi connectivity index (χ2n) is 4.58. The molecule has 0 bridgehead atoms. The Morgan fingerprint density at radius 3 is 2.88 bits per heavy atom. The van der Waals surface area contributed by atoms with Crippen molar-refractivity contribution in [1.29, 1.82) is 0 Å². The average molecular weight is 314 g/mol. The first-order valence-corrected chi connectivity index (χ1v) is 7.07. The molecule has 1 atom stereocenters. The zero-order valence-corrected chi connectivity index (χ0v) is 11.7. The number of thiophene rings is 1. The van der Waals surface area contributed by atoms with Gasteiger partial charge in [-0.05, 0) is 53.7 Å². The van der Waals surface area contributed by atoms with E-state index in [1.54, 1.807) is 11.3 Å². The fraction of sp³-hybridized carbons (Fsp3) is 0.455. The molecule has 17 heavy (non-hydrogen) atoms. The summed E-state index contributed by atoms with van der Waals surface area (Å²) in [5, 5.41) is 4.00. The van der Waals surface area contributed by atoms with Gasteiger partial charge in [0.25, 0.3) is 0 Å². The van der Waals surface area contributed by atoms with E-state index < -0.39 is 5.54 Å². The molecule has 1 fully saturated rings. The lowest BCUT2D eigenvalue weighted by Crippen LogP contribution is -2.35. The van der Waals surface area contributed by atoms with Gasteiger partial charge in [-0.2, -0.15) is 4.98 Å². The van der Waals surface area contributed by atoms with Crippen molar-refractivity contribution < 1.29 is 4.52 Å². The van der Waals surface area contributed by atoms with Gasteiger partial charge in [-0.15, -0.1) is 11.3 Å². The van der Waals surface area contributed by atoms with E-state index in [0.717, 1.165) is 21.5 Å². The summed E-state index contributed by atoms with van der Waals surface area (Å²) in [5.41, 5.74) is 5.75. The van der Waals surface area contributed by atoms with Crippen LogP contribution in [0.4, 0.5) is 0 Å². The Labute approximate surface area is 111 Å². The van der Waals surface area contributed by atoms with Crippen LogP contribution < -0.4 is 5.73 Å². The summed E-state index contributed by atoms with van der Waals surface area (Å²) in [7, 11) is 0. The lowest BCUT2D eigenvalue weighted by molar-refractivity contribution is 0.273. The molecule has 0 spiro atoms. The van der Waals surface area contributed by atoms with E-state index in [1.807, 2.05) is 19.1 Å². The molecule has 1 aliphatic rings. The molecular weight excluding hydrogens is 302 g/mol. The fourth-order valence-corrected chi connectivity index (χ4v) is 3.15. The average Bonchev–Trinajstić information content (AvgIpc) is 2.87. The van der Waals surface area contributed by atoms with Crippen molar-refractivity contribution in [1.82, 2.24) is 10.1 Å². The minimum Gasteiger partial charge on any atom is -0.337 e. The molecule has 1 saturated carbocycles. The zero-order valence-electron chi connectivity index (χ0n) is 9.31. The first-order chi connectivity index (χ1) is 8.07. The van der Waals surface area contributed by atoms with Gasteiger partial charge in [-0.1, -0.05) is 5.16 Å². The van der Waals surface area contributed by atoms with Crippen LogP contribution in [0.3, 0.4) is 0 Å². The van der Waals surface area contributed by atoms with Gasteiger partial charge in [0.1, 0.15) is 0 Å². The topological polar surface area (TPSA) is 64.9 Å². The van der Waals surface area contributed by atoms with Crippen LogP contribution in [0, 0.1) is 5.92 Å². The van der Waals surface area contributed by atoms with Gasteiger partial charge in [0.05, 0.1) is 14.2 Å². The second kappa shape index (κ2) is 3.90. The third kappa shape index (κ3) is 2.05. The molecule has 0 aromatic carbocycles. The highest BCUT2D eigenvalue weighted by molar-refractivity contribution is 9.11. The van der Waals surface area contributed by atoms with Crippen molar-refractivity contribution in [2.24, 2.45) is 11.7 Å². The molecule has 90 valence electrons. The van der Waals surface area contributed by atoms with Crippen molar-refractivity contribution in [2.75, 3.05) is 0 Å². The first-order valence-electron chi connectivity index (χ1n) is 5.46. The third-order valence-electron chi connectivity index (χ3n) is 3.11. The van der Waals surface area contributed by atoms with E-state index in [9.17, 15) is 0 Å². The van der Waals surface area contributed by atoms with E-state index in [4.69, 9.17) is 10.3 Å². The van der Waals surface area contributed by atoms with Gasteiger partial charge < -0.3 is 10.3 Å². The maximum Gasteiger partial charge on any atom is 0.247 e. The van der Waals surface area contributed by atoms with Crippen molar-refractivity contribution in [3.8, 4) is 10.7 Å². The van der Waals surface area contributed by atoms with Crippen LogP contribution in [0.2, 0.25) is 0 Å².